The van der Waals surface area contributed by atoms with E-state index in [-0.39, 0.29) is 16.7 Å². The van der Waals surface area contributed by atoms with Gasteiger partial charge in [-0.1, -0.05) is 20.8 Å². The number of nitriles is 1. The SMILES string of the molecule is CC(NS(=O)C1CC1)c1cn(CC(C)(C)C)c2cc(-c3cnccc3C#N)c(F)cc12. The van der Waals surface area contributed by atoms with E-state index in [1.165, 1.54) is 18.5 Å². The van der Waals surface area contributed by atoms with Crippen molar-refractivity contribution in [2.75, 3.05) is 0 Å². The molecule has 1 aliphatic rings. The zero-order chi connectivity index (χ0) is 22.3. The molecule has 1 N–H and O–H groups in total. The Morgan fingerprint density at radius 2 is 2.10 bits per heavy atom. The standard InChI is InChI=1S/C24H27FN4OS/c1-15(28-31(30)17-5-6-17)21-13-29(14-24(2,3)4)23-10-18(22(25)9-19(21)23)20-12-27-8-7-16(20)11-26/h7-10,12-13,15,17,28H,5-6,14H2,1-4H3. The largest absolute Gasteiger partial charge is 0.347 e. The van der Waals surface area contributed by atoms with Gasteiger partial charge in [-0.25, -0.2) is 13.3 Å². The summed E-state index contributed by atoms with van der Waals surface area (Å²) in [6.07, 6.45) is 7.08. The van der Waals surface area contributed by atoms with E-state index in [0.29, 0.717) is 16.7 Å². The number of nitrogens with zero attached hydrogens (tertiary/aromatic N) is 3. The molecule has 0 bridgehead atoms. The van der Waals surface area contributed by atoms with Gasteiger partial charge in [-0.3, -0.25) is 4.98 Å². The number of fused-ring (bicyclic) bond motifs is 1. The maximum atomic E-state index is 15.3. The fraction of sp³-hybridized carbons (Fsp3) is 0.417. The lowest BCUT2D eigenvalue weighted by Crippen LogP contribution is -2.24. The van der Waals surface area contributed by atoms with E-state index in [4.69, 9.17) is 0 Å². The summed E-state index contributed by atoms with van der Waals surface area (Å²) in [5.41, 5.74) is 3.05. The lowest BCUT2D eigenvalue weighted by molar-refractivity contribution is 0.349. The predicted octanol–water partition coefficient (Wildman–Crippen LogP) is 5.24. The molecule has 0 saturated heterocycles. The summed E-state index contributed by atoms with van der Waals surface area (Å²) in [6, 6.07) is 6.89. The van der Waals surface area contributed by atoms with Crippen LogP contribution in [0.15, 0.2) is 36.8 Å². The maximum absolute atomic E-state index is 15.3. The quantitative estimate of drug-likeness (QED) is 0.572. The molecule has 162 valence electrons. The Kier molecular flexibility index (Phi) is 5.71. The molecule has 1 saturated carbocycles. The number of aromatic nitrogens is 2. The zero-order valence-electron chi connectivity index (χ0n) is 18.3. The van der Waals surface area contributed by atoms with E-state index < -0.39 is 16.8 Å². The summed E-state index contributed by atoms with van der Waals surface area (Å²) in [5.74, 6) is -0.401. The van der Waals surface area contributed by atoms with Gasteiger partial charge in [0, 0.05) is 58.5 Å². The Bertz CT molecular complexity index is 1200. The zero-order valence-corrected chi connectivity index (χ0v) is 19.1. The predicted molar refractivity (Wildman–Crippen MR) is 122 cm³/mol. The summed E-state index contributed by atoms with van der Waals surface area (Å²) in [4.78, 5) is 4.09. The van der Waals surface area contributed by atoms with E-state index in [9.17, 15) is 9.47 Å². The van der Waals surface area contributed by atoms with E-state index >= 15 is 4.39 Å². The highest BCUT2D eigenvalue weighted by Gasteiger charge is 2.30. The molecule has 5 nitrogen and oxygen atoms in total. The summed E-state index contributed by atoms with van der Waals surface area (Å²) in [6.45, 7) is 9.17. The van der Waals surface area contributed by atoms with Crippen LogP contribution in [0.4, 0.5) is 4.39 Å². The lowest BCUT2D eigenvalue weighted by atomic mass is 9.96. The Labute approximate surface area is 184 Å². The number of pyridine rings is 1. The molecule has 1 fully saturated rings. The highest BCUT2D eigenvalue weighted by Crippen LogP contribution is 2.36. The van der Waals surface area contributed by atoms with Crippen molar-refractivity contribution in [3.05, 3.63) is 53.7 Å². The van der Waals surface area contributed by atoms with Crippen molar-refractivity contribution in [2.45, 2.75) is 58.4 Å². The molecular formula is C24H27FN4OS. The van der Waals surface area contributed by atoms with Crippen LogP contribution >= 0.6 is 0 Å². The van der Waals surface area contributed by atoms with Gasteiger partial charge in [0.05, 0.1) is 22.6 Å². The van der Waals surface area contributed by atoms with E-state index in [1.54, 1.807) is 6.07 Å². The Hall–Kier alpha value is -2.56. The topological polar surface area (TPSA) is 70.7 Å². The normalized spacial score (nSPS) is 16.3. The molecular weight excluding hydrogens is 411 g/mol. The van der Waals surface area contributed by atoms with E-state index in [1.807, 2.05) is 19.2 Å². The average molecular weight is 439 g/mol. The number of benzene rings is 1. The van der Waals surface area contributed by atoms with Gasteiger partial charge in [0.25, 0.3) is 0 Å². The minimum atomic E-state index is -1.09. The van der Waals surface area contributed by atoms with Crippen molar-refractivity contribution in [1.29, 1.82) is 5.26 Å². The van der Waals surface area contributed by atoms with Gasteiger partial charge in [-0.15, -0.1) is 0 Å². The molecule has 1 aromatic carbocycles. The van der Waals surface area contributed by atoms with Gasteiger partial charge in [-0.05, 0) is 48.9 Å². The highest BCUT2D eigenvalue weighted by molar-refractivity contribution is 7.84. The van der Waals surface area contributed by atoms with Crippen molar-refractivity contribution in [2.24, 2.45) is 5.41 Å². The van der Waals surface area contributed by atoms with Gasteiger partial charge in [-0.2, -0.15) is 5.26 Å². The van der Waals surface area contributed by atoms with Crippen LogP contribution < -0.4 is 4.72 Å². The van der Waals surface area contributed by atoms with Crippen LogP contribution in [0.2, 0.25) is 0 Å². The third-order valence-corrected chi connectivity index (χ3v) is 7.13. The first kappa shape index (κ1) is 21.7. The van der Waals surface area contributed by atoms with Crippen LogP contribution in [0.5, 0.6) is 0 Å². The molecule has 31 heavy (non-hydrogen) atoms. The fourth-order valence-electron chi connectivity index (χ4n) is 3.85. The molecule has 2 unspecified atom stereocenters. The van der Waals surface area contributed by atoms with Crippen molar-refractivity contribution < 1.29 is 8.60 Å². The van der Waals surface area contributed by atoms with Crippen LogP contribution in [0.25, 0.3) is 22.0 Å². The second-order valence-corrected chi connectivity index (χ2v) is 11.0. The van der Waals surface area contributed by atoms with E-state index in [2.05, 4.69) is 41.1 Å². The second-order valence-electron chi connectivity index (χ2n) is 9.49. The van der Waals surface area contributed by atoms with Crippen molar-refractivity contribution in [1.82, 2.24) is 14.3 Å². The molecule has 2 heterocycles. The molecule has 0 aliphatic heterocycles. The summed E-state index contributed by atoms with van der Waals surface area (Å²) in [5, 5.41) is 10.5. The molecule has 3 aromatic rings. The lowest BCUT2D eigenvalue weighted by Gasteiger charge is -2.20. The Morgan fingerprint density at radius 3 is 2.74 bits per heavy atom. The van der Waals surface area contributed by atoms with E-state index in [0.717, 1.165) is 35.9 Å². The minimum absolute atomic E-state index is 0.0113. The molecule has 1 aliphatic carbocycles. The third kappa shape index (κ3) is 4.56. The molecule has 7 heteroatoms. The highest BCUT2D eigenvalue weighted by atomic mass is 32.2. The van der Waals surface area contributed by atoms with Crippen molar-refractivity contribution >= 4 is 21.9 Å². The van der Waals surface area contributed by atoms with Gasteiger partial charge in [0.1, 0.15) is 5.82 Å². The van der Waals surface area contributed by atoms with Crippen molar-refractivity contribution in [3.63, 3.8) is 0 Å². The molecule has 0 radical (unpaired) electrons. The van der Waals surface area contributed by atoms with Crippen LogP contribution in [0.3, 0.4) is 0 Å². The fourth-order valence-corrected chi connectivity index (χ4v) is 5.09. The minimum Gasteiger partial charge on any atom is -0.347 e. The molecule has 0 spiro atoms. The van der Waals surface area contributed by atoms with Gasteiger partial charge < -0.3 is 4.57 Å². The summed E-state index contributed by atoms with van der Waals surface area (Å²) in [7, 11) is -1.09. The van der Waals surface area contributed by atoms with Gasteiger partial charge in [0.15, 0.2) is 0 Å². The summed E-state index contributed by atoms with van der Waals surface area (Å²) >= 11 is 0. The molecule has 0 amide bonds. The molecule has 4 rings (SSSR count). The van der Waals surface area contributed by atoms with Crippen LogP contribution in [0, 0.1) is 22.6 Å². The van der Waals surface area contributed by atoms with Crippen LogP contribution in [-0.2, 0) is 17.5 Å². The third-order valence-electron chi connectivity index (χ3n) is 5.46. The number of halogens is 1. The molecule has 2 aromatic heterocycles. The summed E-state index contributed by atoms with van der Waals surface area (Å²) < 4.78 is 33.0. The number of hydrogen-bond donors (Lipinski definition) is 1. The first-order chi connectivity index (χ1) is 14.7. The monoisotopic (exact) mass is 438 g/mol. The smallest absolute Gasteiger partial charge is 0.131 e. The Balaban J connectivity index is 1.85. The second kappa shape index (κ2) is 8.18. The van der Waals surface area contributed by atoms with Crippen LogP contribution in [0.1, 0.15) is 57.7 Å². The number of rotatable bonds is 6. The number of nitrogens with one attached hydrogen (secondary N) is 1. The van der Waals surface area contributed by atoms with Gasteiger partial charge in [0.2, 0.25) is 0 Å². The average Bonchev–Trinajstić information content (AvgIpc) is 3.50. The van der Waals surface area contributed by atoms with Crippen molar-refractivity contribution in [3.8, 4) is 17.2 Å². The number of hydrogen-bond acceptors (Lipinski definition) is 3. The first-order valence-corrected chi connectivity index (χ1v) is 11.7. The maximum Gasteiger partial charge on any atom is 0.131 e. The van der Waals surface area contributed by atoms with Crippen LogP contribution in [-0.4, -0.2) is 19.0 Å². The molecule has 2 atom stereocenters. The first-order valence-electron chi connectivity index (χ1n) is 10.5. The Morgan fingerprint density at radius 1 is 1.35 bits per heavy atom. The van der Waals surface area contributed by atoms with Gasteiger partial charge >= 0.3 is 0 Å².